The van der Waals surface area contributed by atoms with Gasteiger partial charge in [-0.05, 0) is 50.5 Å². The van der Waals surface area contributed by atoms with Crippen LogP contribution >= 0.6 is 0 Å². The van der Waals surface area contributed by atoms with E-state index in [1.807, 2.05) is 4.90 Å². The van der Waals surface area contributed by atoms with Crippen molar-refractivity contribution in [3.05, 3.63) is 24.2 Å². The number of carbonyl (C=O) groups excluding carboxylic acids is 2. The van der Waals surface area contributed by atoms with Gasteiger partial charge >= 0.3 is 6.03 Å². The number of furan rings is 1. The van der Waals surface area contributed by atoms with Gasteiger partial charge in [-0.25, -0.2) is 4.79 Å². The van der Waals surface area contributed by atoms with E-state index in [-0.39, 0.29) is 23.5 Å². The molecule has 1 saturated carbocycles. The Morgan fingerprint density at radius 2 is 1.89 bits per heavy atom. The highest BCUT2D eigenvalue weighted by molar-refractivity contribution is 5.93. The Kier molecular flexibility index (Phi) is 4.57. The van der Waals surface area contributed by atoms with Gasteiger partial charge in [0.25, 0.3) is 5.91 Å². The summed E-state index contributed by atoms with van der Waals surface area (Å²) in [6, 6.07) is 2.14. The summed E-state index contributed by atoms with van der Waals surface area (Å²) in [5.74, 6) is 0.728. The molecule has 0 N–H and O–H groups in total. The molecule has 1 aromatic heterocycles. The third kappa shape index (κ3) is 3.19. The fourth-order valence-electron chi connectivity index (χ4n) is 5.20. The van der Waals surface area contributed by atoms with Crippen LogP contribution in [0.1, 0.15) is 48.9 Å². The van der Waals surface area contributed by atoms with E-state index in [1.165, 1.54) is 25.4 Å². The number of nitrogens with zero attached hydrogens (tertiary/aromatic N) is 3. The lowest BCUT2D eigenvalue weighted by molar-refractivity contribution is -0.0153. The molecule has 0 radical (unpaired) electrons. The molecule has 4 fully saturated rings. The van der Waals surface area contributed by atoms with Gasteiger partial charge < -0.3 is 23.9 Å². The molecule has 4 heterocycles. The second-order valence-corrected chi connectivity index (χ2v) is 8.85. The maximum absolute atomic E-state index is 13.4. The Hall–Kier alpha value is -2.02. The summed E-state index contributed by atoms with van der Waals surface area (Å²) in [4.78, 5) is 32.1. The average molecular weight is 387 g/mol. The molecule has 5 rings (SSSR count). The second-order valence-electron chi connectivity index (χ2n) is 8.85. The van der Waals surface area contributed by atoms with Crippen LogP contribution in [0.5, 0.6) is 0 Å². The van der Waals surface area contributed by atoms with Gasteiger partial charge in [0.1, 0.15) is 6.26 Å². The molecule has 0 atom stereocenters. The molecule has 1 aliphatic carbocycles. The lowest BCUT2D eigenvalue weighted by Crippen LogP contribution is -2.57. The summed E-state index contributed by atoms with van der Waals surface area (Å²) in [7, 11) is 0. The van der Waals surface area contributed by atoms with Crippen molar-refractivity contribution in [2.24, 2.45) is 5.92 Å². The van der Waals surface area contributed by atoms with Crippen LogP contribution in [0.2, 0.25) is 0 Å². The highest BCUT2D eigenvalue weighted by Gasteiger charge is 2.53. The first-order valence-corrected chi connectivity index (χ1v) is 10.6. The molecular weight excluding hydrogens is 358 g/mol. The molecule has 0 aromatic carbocycles. The Morgan fingerprint density at radius 3 is 2.54 bits per heavy atom. The molecular formula is C21H29N3O4. The molecule has 7 heteroatoms. The van der Waals surface area contributed by atoms with Gasteiger partial charge in [0, 0.05) is 45.4 Å². The smallest absolute Gasteiger partial charge is 0.320 e. The van der Waals surface area contributed by atoms with Crippen molar-refractivity contribution in [2.75, 3.05) is 39.4 Å². The lowest BCUT2D eigenvalue weighted by atomic mass is 9.86. The summed E-state index contributed by atoms with van der Waals surface area (Å²) >= 11 is 0. The number of hydrogen-bond donors (Lipinski definition) is 0. The zero-order valence-corrected chi connectivity index (χ0v) is 16.3. The molecule has 7 nitrogen and oxygen atoms in total. The first-order chi connectivity index (χ1) is 13.7. The number of amides is 3. The molecule has 4 aliphatic rings. The van der Waals surface area contributed by atoms with E-state index >= 15 is 0 Å². The molecule has 3 aliphatic heterocycles. The minimum Gasteiger partial charge on any atom is -0.472 e. The standard InChI is InChI=1S/C21H29N3O4/c25-19(17-5-10-28-14-17)22-8-3-18(4-9-22)24-20(26)23(13-16-1-2-16)15-21(24)6-11-27-12-7-21/h5,10,14,16,18H,1-4,6-9,11-13,15H2. The Labute approximate surface area is 165 Å². The van der Waals surface area contributed by atoms with Gasteiger partial charge in [-0.1, -0.05) is 0 Å². The highest BCUT2D eigenvalue weighted by atomic mass is 16.5. The Bertz CT molecular complexity index is 716. The van der Waals surface area contributed by atoms with E-state index in [4.69, 9.17) is 9.15 Å². The molecule has 28 heavy (non-hydrogen) atoms. The van der Waals surface area contributed by atoms with Crippen LogP contribution in [0.15, 0.2) is 23.0 Å². The largest absolute Gasteiger partial charge is 0.472 e. The third-order valence-electron chi connectivity index (χ3n) is 6.96. The van der Waals surface area contributed by atoms with E-state index in [0.717, 1.165) is 52.0 Å². The van der Waals surface area contributed by atoms with Gasteiger partial charge in [-0.15, -0.1) is 0 Å². The summed E-state index contributed by atoms with van der Waals surface area (Å²) in [5.41, 5.74) is 0.526. The van der Waals surface area contributed by atoms with E-state index in [9.17, 15) is 9.59 Å². The van der Waals surface area contributed by atoms with Crippen molar-refractivity contribution in [1.29, 1.82) is 0 Å². The highest BCUT2D eigenvalue weighted by Crippen LogP contribution is 2.41. The number of rotatable bonds is 4. The predicted octanol–water partition coefficient (Wildman–Crippen LogP) is 2.58. The predicted molar refractivity (Wildman–Crippen MR) is 102 cm³/mol. The van der Waals surface area contributed by atoms with Crippen molar-refractivity contribution in [2.45, 2.75) is 50.1 Å². The van der Waals surface area contributed by atoms with Gasteiger partial charge in [0.15, 0.2) is 0 Å². The first-order valence-electron chi connectivity index (χ1n) is 10.6. The number of hydrogen-bond acceptors (Lipinski definition) is 4. The van der Waals surface area contributed by atoms with Gasteiger partial charge in [-0.2, -0.15) is 0 Å². The summed E-state index contributed by atoms with van der Waals surface area (Å²) in [6.07, 6.45) is 9.09. The van der Waals surface area contributed by atoms with Crippen molar-refractivity contribution >= 4 is 11.9 Å². The second kappa shape index (κ2) is 7.10. The van der Waals surface area contributed by atoms with Crippen LogP contribution < -0.4 is 0 Å². The number of likely N-dealkylation sites (tertiary alicyclic amines) is 1. The lowest BCUT2D eigenvalue weighted by Gasteiger charge is -2.46. The number of carbonyl (C=O) groups is 2. The third-order valence-corrected chi connectivity index (χ3v) is 6.96. The van der Waals surface area contributed by atoms with Gasteiger partial charge in [-0.3, -0.25) is 4.79 Å². The SMILES string of the molecule is O=C(c1ccoc1)N1CCC(N2C(=O)N(CC3CC3)CC23CCOCC3)CC1. The van der Waals surface area contributed by atoms with Crippen LogP contribution in [-0.2, 0) is 4.74 Å². The van der Waals surface area contributed by atoms with Crippen LogP contribution in [0.4, 0.5) is 4.79 Å². The number of ether oxygens (including phenoxy) is 1. The molecule has 1 spiro atoms. The molecule has 0 unspecified atom stereocenters. The Balaban J connectivity index is 1.29. The zero-order chi connectivity index (χ0) is 19.1. The first kappa shape index (κ1) is 18.0. The monoisotopic (exact) mass is 387 g/mol. The van der Waals surface area contributed by atoms with E-state index in [0.29, 0.717) is 24.6 Å². The quantitative estimate of drug-likeness (QED) is 0.796. The van der Waals surface area contributed by atoms with Gasteiger partial charge in [0.2, 0.25) is 0 Å². The van der Waals surface area contributed by atoms with Crippen molar-refractivity contribution < 1.29 is 18.7 Å². The van der Waals surface area contributed by atoms with Crippen LogP contribution in [0, 0.1) is 5.92 Å². The maximum atomic E-state index is 13.4. The van der Waals surface area contributed by atoms with Crippen molar-refractivity contribution in [3.8, 4) is 0 Å². The van der Waals surface area contributed by atoms with E-state index in [1.54, 1.807) is 6.07 Å². The van der Waals surface area contributed by atoms with Crippen LogP contribution in [0.25, 0.3) is 0 Å². The molecule has 3 saturated heterocycles. The van der Waals surface area contributed by atoms with Crippen molar-refractivity contribution in [3.63, 3.8) is 0 Å². The molecule has 0 bridgehead atoms. The average Bonchev–Trinajstić information content (AvgIpc) is 3.28. The topological polar surface area (TPSA) is 66.2 Å². The number of piperidine rings is 1. The molecule has 152 valence electrons. The summed E-state index contributed by atoms with van der Waals surface area (Å²) < 4.78 is 10.7. The minimum absolute atomic E-state index is 0.0242. The van der Waals surface area contributed by atoms with Gasteiger partial charge in [0.05, 0.1) is 17.4 Å². The normalized spacial score (nSPS) is 25.7. The maximum Gasteiger partial charge on any atom is 0.320 e. The fourth-order valence-corrected chi connectivity index (χ4v) is 5.20. The van der Waals surface area contributed by atoms with E-state index in [2.05, 4.69) is 9.80 Å². The summed E-state index contributed by atoms with van der Waals surface area (Å²) in [5, 5.41) is 0. The zero-order valence-electron chi connectivity index (χ0n) is 16.3. The van der Waals surface area contributed by atoms with Crippen LogP contribution in [0.3, 0.4) is 0 Å². The Morgan fingerprint density at radius 1 is 1.14 bits per heavy atom. The van der Waals surface area contributed by atoms with Crippen LogP contribution in [-0.4, -0.2) is 77.6 Å². The summed E-state index contributed by atoms with van der Waals surface area (Å²) in [6.45, 7) is 4.61. The minimum atomic E-state index is -0.0778. The fraction of sp³-hybridized carbons (Fsp3) is 0.714. The van der Waals surface area contributed by atoms with Crippen molar-refractivity contribution in [1.82, 2.24) is 14.7 Å². The van der Waals surface area contributed by atoms with E-state index < -0.39 is 0 Å². The number of urea groups is 1. The molecule has 1 aromatic rings. The molecule has 3 amide bonds.